The van der Waals surface area contributed by atoms with Gasteiger partial charge in [0.2, 0.25) is 0 Å². The van der Waals surface area contributed by atoms with Gasteiger partial charge in [-0.1, -0.05) is 0 Å². The first kappa shape index (κ1) is 11.6. The predicted octanol–water partition coefficient (Wildman–Crippen LogP) is 3.70. The number of benzene rings is 2. The Morgan fingerprint density at radius 3 is 2.58 bits per heavy atom. The van der Waals surface area contributed by atoms with Crippen molar-refractivity contribution in [3.8, 4) is 11.8 Å². The molecular weight excluding hydrogens is 261 g/mol. The number of halogens is 1. The van der Waals surface area contributed by atoms with Crippen molar-refractivity contribution in [3.63, 3.8) is 0 Å². The molecule has 0 aliphatic heterocycles. The normalized spacial score (nSPS) is 10.5. The molecule has 0 radical (unpaired) electrons. The molecule has 19 heavy (non-hydrogen) atoms. The van der Waals surface area contributed by atoms with Crippen LogP contribution in [-0.4, -0.2) is 9.55 Å². The van der Waals surface area contributed by atoms with E-state index in [0.29, 0.717) is 10.3 Å². The number of nitriles is 1. The number of aromatic amines is 1. The van der Waals surface area contributed by atoms with Gasteiger partial charge in [-0.15, -0.1) is 0 Å². The summed E-state index contributed by atoms with van der Waals surface area (Å²) in [6.07, 6.45) is 0. The molecule has 0 bridgehead atoms. The van der Waals surface area contributed by atoms with Crippen molar-refractivity contribution >= 4 is 23.3 Å². The summed E-state index contributed by atoms with van der Waals surface area (Å²) in [6.45, 7) is 0. The second-order valence-electron chi connectivity index (χ2n) is 4.09. The van der Waals surface area contributed by atoms with Gasteiger partial charge in [0.1, 0.15) is 5.82 Å². The van der Waals surface area contributed by atoms with Gasteiger partial charge in [-0.25, -0.2) is 4.39 Å². The van der Waals surface area contributed by atoms with Crippen molar-refractivity contribution in [1.29, 1.82) is 5.26 Å². The minimum Gasteiger partial charge on any atom is -0.330 e. The van der Waals surface area contributed by atoms with Gasteiger partial charge in [0.05, 0.1) is 22.7 Å². The predicted molar refractivity (Wildman–Crippen MR) is 73.1 cm³/mol. The number of imidazole rings is 1. The molecule has 92 valence electrons. The summed E-state index contributed by atoms with van der Waals surface area (Å²) in [5.74, 6) is -0.298. The lowest BCUT2D eigenvalue weighted by molar-refractivity contribution is 0.627. The Labute approximate surface area is 113 Å². The maximum Gasteiger partial charge on any atom is 0.182 e. The van der Waals surface area contributed by atoms with Crippen molar-refractivity contribution in [2.24, 2.45) is 0 Å². The first-order valence-electron chi connectivity index (χ1n) is 5.60. The Kier molecular flexibility index (Phi) is 2.65. The Morgan fingerprint density at radius 2 is 1.89 bits per heavy atom. The molecular formula is C14H8FN3S. The van der Waals surface area contributed by atoms with E-state index in [-0.39, 0.29) is 5.82 Å². The molecule has 0 aliphatic carbocycles. The smallest absolute Gasteiger partial charge is 0.182 e. The van der Waals surface area contributed by atoms with Crippen molar-refractivity contribution in [2.45, 2.75) is 0 Å². The molecule has 1 N–H and O–H groups in total. The fourth-order valence-corrected chi connectivity index (χ4v) is 2.33. The highest BCUT2D eigenvalue weighted by Crippen LogP contribution is 2.20. The largest absolute Gasteiger partial charge is 0.330 e. The number of rotatable bonds is 1. The van der Waals surface area contributed by atoms with E-state index < -0.39 is 0 Å². The third kappa shape index (κ3) is 1.92. The third-order valence-electron chi connectivity index (χ3n) is 2.90. The van der Waals surface area contributed by atoms with Gasteiger partial charge in [0.25, 0.3) is 0 Å². The van der Waals surface area contributed by atoms with Gasteiger partial charge in [-0.3, -0.25) is 4.57 Å². The second-order valence-corrected chi connectivity index (χ2v) is 4.47. The van der Waals surface area contributed by atoms with Crippen molar-refractivity contribution < 1.29 is 4.39 Å². The maximum atomic E-state index is 13.0. The van der Waals surface area contributed by atoms with E-state index in [4.69, 9.17) is 17.5 Å². The van der Waals surface area contributed by atoms with E-state index in [1.54, 1.807) is 28.8 Å². The fraction of sp³-hybridized carbons (Fsp3) is 0. The van der Waals surface area contributed by atoms with Crippen molar-refractivity contribution in [3.05, 3.63) is 58.6 Å². The summed E-state index contributed by atoms with van der Waals surface area (Å²) in [5.41, 5.74) is 2.95. The first-order chi connectivity index (χ1) is 9.19. The van der Waals surface area contributed by atoms with E-state index in [9.17, 15) is 4.39 Å². The zero-order valence-electron chi connectivity index (χ0n) is 9.72. The summed E-state index contributed by atoms with van der Waals surface area (Å²) in [7, 11) is 0. The van der Waals surface area contributed by atoms with Crippen LogP contribution in [0.2, 0.25) is 0 Å². The molecule has 3 rings (SSSR count). The van der Waals surface area contributed by atoms with E-state index in [1.807, 2.05) is 6.07 Å². The minimum atomic E-state index is -0.298. The number of nitrogens with zero attached hydrogens (tertiary/aromatic N) is 2. The summed E-state index contributed by atoms with van der Waals surface area (Å²) in [4.78, 5) is 3.07. The molecule has 3 nitrogen and oxygen atoms in total. The van der Waals surface area contributed by atoms with Crippen LogP contribution in [0, 0.1) is 21.9 Å². The van der Waals surface area contributed by atoms with Crippen LogP contribution in [0.15, 0.2) is 42.5 Å². The average Bonchev–Trinajstić information content (AvgIpc) is 2.75. The van der Waals surface area contributed by atoms with Crippen LogP contribution in [0.5, 0.6) is 0 Å². The molecule has 0 spiro atoms. The van der Waals surface area contributed by atoms with Crippen LogP contribution >= 0.6 is 12.2 Å². The molecule has 0 saturated heterocycles. The summed E-state index contributed by atoms with van der Waals surface area (Å²) in [5, 5.41) is 8.96. The molecule has 0 atom stereocenters. The van der Waals surface area contributed by atoms with E-state index >= 15 is 0 Å². The lowest BCUT2D eigenvalue weighted by Gasteiger charge is -2.04. The van der Waals surface area contributed by atoms with Crippen LogP contribution in [-0.2, 0) is 0 Å². The maximum absolute atomic E-state index is 13.0. The number of fused-ring (bicyclic) bond motifs is 1. The highest BCUT2D eigenvalue weighted by Gasteiger charge is 2.07. The highest BCUT2D eigenvalue weighted by atomic mass is 32.1. The zero-order valence-corrected chi connectivity index (χ0v) is 10.5. The standard InChI is InChI=1S/C14H8FN3S/c15-10-2-4-11(5-3-10)18-13-7-9(8-16)1-6-12(13)17-14(18)19/h1-7H,(H,17,19). The van der Waals surface area contributed by atoms with Crippen LogP contribution in [0.1, 0.15) is 5.56 Å². The molecule has 0 amide bonds. The molecule has 2 aromatic carbocycles. The lowest BCUT2D eigenvalue weighted by atomic mass is 10.2. The number of aromatic nitrogens is 2. The van der Waals surface area contributed by atoms with Crippen LogP contribution < -0.4 is 0 Å². The number of nitrogens with one attached hydrogen (secondary N) is 1. The molecule has 0 saturated carbocycles. The van der Waals surface area contributed by atoms with Gasteiger partial charge in [-0.2, -0.15) is 5.26 Å². The minimum absolute atomic E-state index is 0.298. The Morgan fingerprint density at radius 1 is 1.16 bits per heavy atom. The third-order valence-corrected chi connectivity index (χ3v) is 3.18. The van der Waals surface area contributed by atoms with Crippen molar-refractivity contribution in [1.82, 2.24) is 9.55 Å². The number of hydrogen-bond donors (Lipinski definition) is 1. The fourth-order valence-electron chi connectivity index (χ4n) is 2.02. The Balaban J connectivity index is 2.34. The van der Waals surface area contributed by atoms with Crippen LogP contribution in [0.4, 0.5) is 4.39 Å². The topological polar surface area (TPSA) is 44.5 Å². The van der Waals surface area contributed by atoms with E-state index in [2.05, 4.69) is 11.1 Å². The van der Waals surface area contributed by atoms with Gasteiger partial charge >= 0.3 is 0 Å². The lowest BCUT2D eigenvalue weighted by Crippen LogP contribution is -1.94. The zero-order chi connectivity index (χ0) is 13.4. The molecule has 5 heteroatoms. The molecule has 0 aliphatic rings. The summed E-state index contributed by atoms with van der Waals surface area (Å²) in [6, 6.07) is 13.4. The molecule has 1 heterocycles. The molecule has 3 aromatic rings. The number of hydrogen-bond acceptors (Lipinski definition) is 2. The second kappa shape index (κ2) is 4.34. The highest BCUT2D eigenvalue weighted by molar-refractivity contribution is 7.71. The van der Waals surface area contributed by atoms with E-state index in [1.165, 1.54) is 12.1 Å². The van der Waals surface area contributed by atoms with Gasteiger partial charge in [0.15, 0.2) is 4.77 Å². The van der Waals surface area contributed by atoms with Gasteiger partial charge in [-0.05, 0) is 54.7 Å². The van der Waals surface area contributed by atoms with Crippen LogP contribution in [0.3, 0.4) is 0 Å². The SMILES string of the molecule is N#Cc1ccc2[nH]c(=S)n(-c3ccc(F)cc3)c2c1. The van der Waals surface area contributed by atoms with Gasteiger partial charge < -0.3 is 4.98 Å². The van der Waals surface area contributed by atoms with Gasteiger partial charge in [0, 0.05) is 5.69 Å². The molecule has 1 aromatic heterocycles. The molecule has 0 fully saturated rings. The summed E-state index contributed by atoms with van der Waals surface area (Å²) >= 11 is 5.28. The monoisotopic (exact) mass is 269 g/mol. The Bertz CT molecular complexity index is 853. The average molecular weight is 269 g/mol. The van der Waals surface area contributed by atoms with Crippen LogP contribution in [0.25, 0.3) is 16.7 Å². The quantitative estimate of drug-likeness (QED) is 0.685. The summed E-state index contributed by atoms with van der Waals surface area (Å²) < 4.78 is 15.3. The Hall–Kier alpha value is -2.45. The first-order valence-corrected chi connectivity index (χ1v) is 6.01. The van der Waals surface area contributed by atoms with E-state index in [0.717, 1.165) is 16.7 Å². The number of H-pyrrole nitrogens is 1. The molecule has 0 unspecified atom stereocenters. The van der Waals surface area contributed by atoms with Crippen molar-refractivity contribution in [2.75, 3.05) is 0 Å².